The van der Waals surface area contributed by atoms with Gasteiger partial charge in [-0.05, 0) is 42.5 Å². The van der Waals surface area contributed by atoms with Gasteiger partial charge < -0.3 is 13.6 Å². The van der Waals surface area contributed by atoms with Gasteiger partial charge in [-0.3, -0.25) is 0 Å². The molecule has 0 N–H and O–H groups in total. The topological polar surface area (TPSA) is 23.0 Å². The van der Waals surface area contributed by atoms with Crippen LogP contribution in [0.1, 0.15) is 0 Å². The minimum Gasteiger partial charge on any atom is -0.452 e. The summed E-state index contributed by atoms with van der Waals surface area (Å²) in [5.74, 6) is 0. The van der Waals surface area contributed by atoms with E-state index >= 15 is 0 Å². The van der Waals surface area contributed by atoms with E-state index in [0.717, 1.165) is 55.4 Å². The Bertz CT molecular complexity index is 2350. The molecule has 3 nitrogen and oxygen atoms in total. The third-order valence-electron chi connectivity index (χ3n) is 8.20. The first-order valence-corrected chi connectivity index (χ1v) is 13.8. The lowest BCUT2D eigenvalue weighted by atomic mass is 10.1. The van der Waals surface area contributed by atoms with Crippen LogP contribution in [0, 0.1) is 0 Å². The van der Waals surface area contributed by atoms with Crippen molar-refractivity contribution in [2.45, 2.75) is 0 Å². The molecule has 0 spiro atoms. The highest BCUT2D eigenvalue weighted by molar-refractivity contribution is 6.38. The molecule has 0 amide bonds. The summed E-state index contributed by atoms with van der Waals surface area (Å²) in [5.41, 5.74) is 8.12. The van der Waals surface area contributed by atoms with Crippen LogP contribution >= 0.6 is 11.6 Å². The van der Waals surface area contributed by atoms with Gasteiger partial charge in [0.25, 0.3) is 0 Å². The van der Waals surface area contributed by atoms with E-state index in [4.69, 9.17) is 16.0 Å². The summed E-state index contributed by atoms with van der Waals surface area (Å²) in [6, 6.07) is 44.6. The van der Waals surface area contributed by atoms with Gasteiger partial charge in [-0.2, -0.15) is 0 Å². The zero-order chi connectivity index (χ0) is 26.4. The van der Waals surface area contributed by atoms with Crippen LogP contribution in [0.2, 0.25) is 5.02 Å². The molecule has 0 radical (unpaired) electrons. The minimum atomic E-state index is 0.678. The fourth-order valence-corrected chi connectivity index (χ4v) is 6.80. The van der Waals surface area contributed by atoms with Crippen LogP contribution in [0.3, 0.4) is 0 Å². The lowest BCUT2D eigenvalue weighted by Gasteiger charge is -2.09. The first kappa shape index (κ1) is 21.9. The van der Waals surface area contributed by atoms with Crippen molar-refractivity contribution in [2.24, 2.45) is 0 Å². The molecule has 0 saturated carbocycles. The van der Waals surface area contributed by atoms with Gasteiger partial charge in [0, 0.05) is 32.3 Å². The molecular weight excluding hydrogens is 512 g/mol. The Kier molecular flexibility index (Phi) is 4.38. The molecule has 0 unspecified atom stereocenters. The van der Waals surface area contributed by atoms with Crippen molar-refractivity contribution in [2.75, 3.05) is 0 Å². The smallest absolute Gasteiger partial charge is 0.161 e. The normalized spacial score (nSPS) is 12.1. The van der Waals surface area contributed by atoms with E-state index in [1.54, 1.807) is 0 Å². The summed E-state index contributed by atoms with van der Waals surface area (Å²) in [6.07, 6.45) is 0. The van der Waals surface area contributed by atoms with E-state index in [9.17, 15) is 0 Å². The second-order valence-corrected chi connectivity index (χ2v) is 10.7. The Hall–Kier alpha value is -4.99. The molecule has 0 aliphatic heterocycles. The molecular formula is C36H21ClN2O. The number of aromatic nitrogens is 2. The van der Waals surface area contributed by atoms with Crippen molar-refractivity contribution in [3.8, 4) is 11.4 Å². The first-order valence-electron chi connectivity index (χ1n) is 13.4. The number of furan rings is 1. The number of halogens is 1. The van der Waals surface area contributed by atoms with Crippen LogP contribution in [-0.4, -0.2) is 9.13 Å². The summed E-state index contributed by atoms with van der Waals surface area (Å²) in [7, 11) is 0. The van der Waals surface area contributed by atoms with Gasteiger partial charge in [-0.25, -0.2) is 0 Å². The largest absolute Gasteiger partial charge is 0.452 e. The molecule has 9 rings (SSSR count). The molecule has 0 saturated heterocycles. The molecule has 3 aromatic heterocycles. The molecule has 9 aromatic rings. The van der Waals surface area contributed by atoms with E-state index in [2.05, 4.69) is 130 Å². The number of benzene rings is 6. The van der Waals surface area contributed by atoms with Crippen molar-refractivity contribution >= 4 is 77.2 Å². The number of nitrogens with zero attached hydrogens (tertiary/aromatic N) is 2. The van der Waals surface area contributed by atoms with Gasteiger partial charge in [0.15, 0.2) is 11.2 Å². The second kappa shape index (κ2) is 8.01. The van der Waals surface area contributed by atoms with Crippen molar-refractivity contribution in [1.82, 2.24) is 9.13 Å². The fraction of sp³-hybridized carbons (Fsp3) is 0. The Morgan fingerprint density at radius 3 is 1.32 bits per heavy atom. The quantitative estimate of drug-likeness (QED) is 0.217. The molecule has 6 aromatic carbocycles. The van der Waals surface area contributed by atoms with Crippen LogP contribution in [0.25, 0.3) is 76.9 Å². The summed E-state index contributed by atoms with van der Waals surface area (Å²) in [5, 5.41) is 7.47. The number of fused-ring (bicyclic) bond motifs is 9. The van der Waals surface area contributed by atoms with E-state index in [1.165, 1.54) is 21.5 Å². The molecule has 0 aliphatic carbocycles. The van der Waals surface area contributed by atoms with Crippen LogP contribution in [0.5, 0.6) is 0 Å². The van der Waals surface area contributed by atoms with Gasteiger partial charge in [0.1, 0.15) is 0 Å². The van der Waals surface area contributed by atoms with Gasteiger partial charge >= 0.3 is 0 Å². The van der Waals surface area contributed by atoms with Gasteiger partial charge in [-0.1, -0.05) is 96.5 Å². The predicted octanol–water partition coefficient (Wildman–Crippen LogP) is 10.4. The van der Waals surface area contributed by atoms with Crippen LogP contribution in [0.15, 0.2) is 132 Å². The van der Waals surface area contributed by atoms with E-state index in [0.29, 0.717) is 5.02 Å². The summed E-state index contributed by atoms with van der Waals surface area (Å²) in [6.45, 7) is 0. The number of para-hydroxylation sites is 5. The number of hydrogen-bond donors (Lipinski definition) is 0. The average molecular weight is 533 g/mol. The Labute approximate surface area is 234 Å². The molecule has 0 aliphatic rings. The molecule has 40 heavy (non-hydrogen) atoms. The zero-order valence-corrected chi connectivity index (χ0v) is 22.1. The highest BCUT2D eigenvalue weighted by Gasteiger charge is 2.22. The molecule has 0 bridgehead atoms. The molecule has 3 heterocycles. The number of hydrogen-bond acceptors (Lipinski definition) is 1. The van der Waals surface area contributed by atoms with E-state index < -0.39 is 0 Å². The number of rotatable bonds is 2. The third-order valence-corrected chi connectivity index (χ3v) is 8.51. The van der Waals surface area contributed by atoms with Crippen LogP contribution < -0.4 is 0 Å². The van der Waals surface area contributed by atoms with Crippen LogP contribution in [0.4, 0.5) is 0 Å². The Morgan fingerprint density at radius 2 is 0.825 bits per heavy atom. The van der Waals surface area contributed by atoms with Gasteiger partial charge in [-0.15, -0.1) is 0 Å². The van der Waals surface area contributed by atoms with Gasteiger partial charge in [0.05, 0.1) is 38.5 Å². The van der Waals surface area contributed by atoms with Crippen molar-refractivity contribution in [3.63, 3.8) is 0 Å². The zero-order valence-electron chi connectivity index (χ0n) is 21.3. The van der Waals surface area contributed by atoms with Crippen LogP contribution in [-0.2, 0) is 0 Å². The lowest BCUT2D eigenvalue weighted by molar-refractivity contribution is 0.664. The first-order chi connectivity index (χ1) is 19.8. The summed E-state index contributed by atoms with van der Waals surface area (Å²) >= 11 is 6.94. The predicted molar refractivity (Wildman–Crippen MR) is 167 cm³/mol. The summed E-state index contributed by atoms with van der Waals surface area (Å²) in [4.78, 5) is 0. The average Bonchev–Trinajstić information content (AvgIpc) is 3.66. The van der Waals surface area contributed by atoms with Crippen molar-refractivity contribution < 1.29 is 4.42 Å². The Balaban J connectivity index is 1.43. The molecule has 4 heteroatoms. The van der Waals surface area contributed by atoms with Crippen molar-refractivity contribution in [1.29, 1.82) is 0 Å². The minimum absolute atomic E-state index is 0.678. The second-order valence-electron chi connectivity index (χ2n) is 10.3. The molecule has 0 fully saturated rings. The maximum Gasteiger partial charge on any atom is 0.161 e. The summed E-state index contributed by atoms with van der Waals surface area (Å²) < 4.78 is 11.5. The standard InChI is InChI=1S/C36H21ClN2O/c37-27-20-21-33(39-30-17-7-3-12-24(30)25-13-4-8-18-31(25)39)36-34(27)26-14-9-19-32(35(26)40-36)38-28-15-5-1-10-22(28)23-11-2-6-16-29(23)38/h1-21H. The lowest BCUT2D eigenvalue weighted by Crippen LogP contribution is -1.94. The maximum absolute atomic E-state index is 6.94. The highest BCUT2D eigenvalue weighted by Crippen LogP contribution is 2.43. The van der Waals surface area contributed by atoms with Crippen molar-refractivity contribution in [3.05, 3.63) is 132 Å². The Morgan fingerprint density at radius 1 is 0.400 bits per heavy atom. The monoisotopic (exact) mass is 532 g/mol. The van der Waals surface area contributed by atoms with Gasteiger partial charge in [0.2, 0.25) is 0 Å². The fourth-order valence-electron chi connectivity index (χ4n) is 6.55. The highest BCUT2D eigenvalue weighted by atomic mass is 35.5. The third kappa shape index (κ3) is 2.79. The SMILES string of the molecule is Clc1ccc(-n2c3ccccc3c3ccccc32)c2oc3c(-n4c5ccccc5c5ccccc54)cccc3c12. The van der Waals surface area contributed by atoms with E-state index in [-0.39, 0.29) is 0 Å². The van der Waals surface area contributed by atoms with E-state index in [1.807, 2.05) is 6.07 Å². The molecule has 188 valence electrons. The maximum atomic E-state index is 6.94. The molecule has 0 atom stereocenters.